The number of aliphatic carboxylic acids is 1. The average Bonchev–Trinajstić information content (AvgIpc) is 1.59. The number of carboxylic acids is 1. The topological polar surface area (TPSA) is 223 Å². The predicted octanol–water partition coefficient (Wildman–Crippen LogP) is 10.6. The molecule has 2 N–H and O–H groups in total. The fourth-order valence-corrected chi connectivity index (χ4v) is 13.7. The molecule has 26 heteroatoms. The number of carboxylic acid groups (broad SMARTS) is 1. The summed E-state index contributed by atoms with van der Waals surface area (Å²) in [6.07, 6.45) is 9.41. The lowest BCUT2D eigenvalue weighted by Crippen LogP contribution is -2.57. The Morgan fingerprint density at radius 3 is 1.37 bits per heavy atom. The molecule has 8 aromatic heterocycles. The van der Waals surface area contributed by atoms with Gasteiger partial charge in [0.25, 0.3) is 0 Å². The largest absolute Gasteiger partial charge is 0.481 e. The van der Waals surface area contributed by atoms with E-state index in [9.17, 15) is 33.3 Å². The van der Waals surface area contributed by atoms with E-state index in [1.165, 1.54) is 46.9 Å². The van der Waals surface area contributed by atoms with Gasteiger partial charge in [0.1, 0.15) is 79.5 Å². The standard InChI is InChI=1S/C34H34FN9OS.C29H27FN8S.C5H9NO2.CH3F/c1-4-27-32(41(3)34-39-31(28(17-36)46-34)22-5-9-26(35)10-6-22)44-21-24(8-12-30(44)38-27)23-7-11-29(37-18-23)42-13-15-43(16-14-42)33(45)25-19-40(2)20-25;1-3-23-28(36(2)29-35-27(24(16-31)39-29)19-4-8-22(30)9-5-19)38-18-21(7-11-26(38)34-23)20-6-10-25(33-17-20)37-14-12-32-13-15-37;1-6-2-4(3-6)5(7)8;1-2/h5-12,18,21,25H,4,13-16,19-20H2,1-3H3;4-11,17-18,32H,3,12-15H2,1-2H3;4H,2-3H2,1H3,(H,7,8);1H3/i;;;1D. The van der Waals surface area contributed by atoms with E-state index in [0.717, 1.165) is 153 Å². The number of thiazole rings is 2. The number of carbonyl (C=O) groups is 2. The Morgan fingerprint density at radius 2 is 1.00 bits per heavy atom. The van der Waals surface area contributed by atoms with Crippen LogP contribution >= 0.6 is 22.7 Å². The number of hydrogen-bond acceptors (Lipinski definition) is 19. The molecule has 12 heterocycles. The Balaban J connectivity index is 0.000000170. The summed E-state index contributed by atoms with van der Waals surface area (Å²) in [6, 6.07) is 33.1. The van der Waals surface area contributed by atoms with Crippen LogP contribution in [0.2, 0.25) is 0 Å². The van der Waals surface area contributed by atoms with Crippen LogP contribution in [0.1, 0.15) is 36.4 Å². The highest BCUT2D eigenvalue weighted by molar-refractivity contribution is 7.17. The summed E-state index contributed by atoms with van der Waals surface area (Å²) >= 11 is 2.60. The Morgan fingerprint density at radius 1 is 0.600 bits per heavy atom. The van der Waals surface area contributed by atoms with Crippen LogP contribution < -0.4 is 24.9 Å². The predicted molar refractivity (Wildman–Crippen MR) is 367 cm³/mol. The molecule has 2 aromatic carbocycles. The van der Waals surface area contributed by atoms with Gasteiger partial charge in [-0.05, 0) is 124 Å². The third kappa shape index (κ3) is 14.5. The third-order valence-corrected chi connectivity index (χ3v) is 19.3. The number of benzene rings is 2. The fourth-order valence-electron chi connectivity index (χ4n) is 12.0. The first kappa shape index (κ1) is 65.2. The third-order valence-electron chi connectivity index (χ3n) is 17.2. The van der Waals surface area contributed by atoms with Crippen LogP contribution in [-0.4, -0.2) is 184 Å². The maximum atomic E-state index is 13.6. The van der Waals surface area contributed by atoms with Crippen molar-refractivity contribution in [3.05, 3.63) is 155 Å². The lowest BCUT2D eigenvalue weighted by atomic mass is 9.99. The Kier molecular flexibility index (Phi) is 20.4. The molecule has 490 valence electrons. The fraction of sp³-hybridized carbons (Fsp3) is 0.333. The zero-order valence-corrected chi connectivity index (χ0v) is 55.3. The number of anilines is 6. The van der Waals surface area contributed by atoms with Gasteiger partial charge in [-0.3, -0.25) is 22.8 Å². The van der Waals surface area contributed by atoms with Crippen molar-refractivity contribution >= 4 is 79.4 Å². The molecule has 0 spiro atoms. The SMILES string of the molecule is CCc1nc2ccc(-c3ccc(N4CCN(C(=O)C5CN(C)C5)CC4)nc3)cn2c1N(C)c1nc(-c2ccc(F)cc2)c(C#N)s1.CCc1nc2ccc(-c3ccc(N4CCNCC4)nc3)cn2c1N(C)c1nc(-c2ccc(F)cc2)c(C#N)s1.CN1CC(C(=O)O)C1.[2H]CF. The zero-order chi connectivity index (χ0) is 67.7. The van der Waals surface area contributed by atoms with Gasteiger partial charge in [-0.1, -0.05) is 36.5 Å². The molecule has 4 aliphatic rings. The molecular weight excluding hydrogens is 1250 g/mol. The summed E-state index contributed by atoms with van der Waals surface area (Å²) < 4.78 is 46.7. The molecule has 0 bridgehead atoms. The number of amides is 1. The molecule has 10 aromatic rings. The van der Waals surface area contributed by atoms with E-state index in [-0.39, 0.29) is 29.4 Å². The second-order valence-corrected chi connectivity index (χ2v) is 25.5. The first-order chi connectivity index (χ1) is 46.5. The number of rotatable bonds is 14. The average molecular weight is 1320 g/mol. The van der Waals surface area contributed by atoms with Crippen LogP contribution in [0.25, 0.3) is 56.1 Å². The van der Waals surface area contributed by atoms with Crippen molar-refractivity contribution in [3.63, 3.8) is 0 Å². The van der Waals surface area contributed by atoms with Crippen LogP contribution in [0.5, 0.6) is 0 Å². The summed E-state index contributed by atoms with van der Waals surface area (Å²) in [5, 5.41) is 32.7. The van der Waals surface area contributed by atoms with Gasteiger partial charge in [0.2, 0.25) is 5.91 Å². The molecule has 0 aliphatic carbocycles. The number of carbonyl (C=O) groups excluding carboxylic acids is 1. The minimum Gasteiger partial charge on any atom is -0.481 e. The van der Waals surface area contributed by atoms with Crippen LogP contribution in [0.3, 0.4) is 0 Å². The molecule has 0 saturated carbocycles. The highest BCUT2D eigenvalue weighted by Crippen LogP contribution is 2.40. The number of piperazine rings is 2. The summed E-state index contributed by atoms with van der Waals surface area (Å²) in [5.41, 5.74) is 9.98. The number of halogens is 3. The number of nitriles is 2. The van der Waals surface area contributed by atoms with Crippen molar-refractivity contribution in [3.8, 4) is 56.9 Å². The molecule has 4 saturated heterocycles. The van der Waals surface area contributed by atoms with Crippen molar-refractivity contribution in [1.29, 1.82) is 10.5 Å². The molecule has 14 rings (SSSR count). The maximum absolute atomic E-state index is 13.6. The first-order valence-electron chi connectivity index (χ1n) is 31.9. The molecular formula is C69H73F3N18O3S2. The number of aryl methyl sites for hydroxylation is 2. The highest BCUT2D eigenvalue weighted by Gasteiger charge is 2.35. The lowest BCUT2D eigenvalue weighted by molar-refractivity contribution is -0.146. The van der Waals surface area contributed by atoms with Gasteiger partial charge in [0, 0.05) is 151 Å². The molecule has 0 radical (unpaired) electrons. The number of nitrogens with zero attached hydrogens (tertiary/aromatic N) is 17. The van der Waals surface area contributed by atoms with Gasteiger partial charge in [0.15, 0.2) is 10.3 Å². The van der Waals surface area contributed by atoms with E-state index in [0.29, 0.717) is 49.0 Å². The number of pyridine rings is 4. The molecule has 0 unspecified atom stereocenters. The van der Waals surface area contributed by atoms with E-state index >= 15 is 0 Å². The van der Waals surface area contributed by atoms with Crippen LogP contribution in [0, 0.1) is 46.1 Å². The van der Waals surface area contributed by atoms with Crippen LogP contribution in [0.4, 0.5) is 46.7 Å². The minimum atomic E-state index is -1.00. The van der Waals surface area contributed by atoms with Gasteiger partial charge in [-0.15, -0.1) is 0 Å². The number of fused-ring (bicyclic) bond motifs is 2. The van der Waals surface area contributed by atoms with Gasteiger partial charge in [-0.2, -0.15) is 10.5 Å². The Hall–Kier alpha value is -9.83. The van der Waals surface area contributed by atoms with E-state index < -0.39 is 13.1 Å². The summed E-state index contributed by atoms with van der Waals surface area (Å²) in [7, 11) is 6.83. The van der Waals surface area contributed by atoms with Crippen molar-refractivity contribution in [2.45, 2.75) is 26.7 Å². The lowest BCUT2D eigenvalue weighted by Gasteiger charge is -2.41. The smallest absolute Gasteiger partial charge is 0.309 e. The van der Waals surface area contributed by atoms with Gasteiger partial charge >= 0.3 is 5.97 Å². The normalized spacial score (nSPS) is 15.2. The van der Waals surface area contributed by atoms with E-state index in [1.54, 1.807) is 24.3 Å². The number of imidazole rings is 2. The maximum Gasteiger partial charge on any atom is 0.309 e. The summed E-state index contributed by atoms with van der Waals surface area (Å²) in [6.45, 7) is 14.1. The molecule has 4 fully saturated rings. The van der Waals surface area contributed by atoms with Crippen molar-refractivity contribution in [2.75, 3.05) is 133 Å². The minimum absolute atomic E-state index is 0.0972. The van der Waals surface area contributed by atoms with Crippen molar-refractivity contribution in [1.82, 2.24) is 58.7 Å². The quantitative estimate of drug-likeness (QED) is 0.103. The Bertz CT molecular complexity index is 4430. The zero-order valence-electron chi connectivity index (χ0n) is 54.6. The Labute approximate surface area is 558 Å². The second-order valence-electron chi connectivity index (χ2n) is 23.5. The van der Waals surface area contributed by atoms with E-state index in [4.69, 9.17) is 36.4 Å². The van der Waals surface area contributed by atoms with E-state index in [2.05, 4.69) is 91.5 Å². The molecule has 1 amide bonds. The summed E-state index contributed by atoms with van der Waals surface area (Å²) in [4.78, 5) is 67.3. The number of nitrogens with one attached hydrogen (secondary N) is 1. The van der Waals surface area contributed by atoms with E-state index in [1.807, 2.05) is 84.4 Å². The highest BCUT2D eigenvalue weighted by atomic mass is 32.1. The second kappa shape index (κ2) is 29.6. The first-order valence-corrected chi connectivity index (χ1v) is 32.8. The van der Waals surface area contributed by atoms with Gasteiger partial charge < -0.3 is 44.7 Å². The molecule has 95 heavy (non-hydrogen) atoms. The molecule has 21 nitrogen and oxygen atoms in total. The number of likely N-dealkylation sites (tertiary alicyclic amines) is 2. The van der Waals surface area contributed by atoms with Gasteiger partial charge in [0.05, 0.1) is 31.7 Å². The van der Waals surface area contributed by atoms with Crippen LogP contribution in [0.15, 0.2) is 122 Å². The molecule has 0 atom stereocenters. The monoisotopic (exact) mass is 1320 g/mol. The summed E-state index contributed by atoms with van der Waals surface area (Å²) in [5.74, 6) is 2.66. The van der Waals surface area contributed by atoms with Crippen molar-refractivity contribution < 1.29 is 29.2 Å². The van der Waals surface area contributed by atoms with Crippen LogP contribution in [-0.2, 0) is 22.4 Å². The number of aromatic nitrogens is 8. The number of alkyl halides is 1. The van der Waals surface area contributed by atoms with Gasteiger partial charge in [-0.25, -0.2) is 38.7 Å². The number of hydrogen-bond donors (Lipinski definition) is 2. The molecule has 4 aliphatic heterocycles. The van der Waals surface area contributed by atoms with Crippen molar-refractivity contribution in [2.24, 2.45) is 11.8 Å².